The van der Waals surface area contributed by atoms with Gasteiger partial charge < -0.3 is 10.6 Å². The fourth-order valence-corrected chi connectivity index (χ4v) is 2.85. The van der Waals surface area contributed by atoms with Gasteiger partial charge in [-0.2, -0.15) is 0 Å². The van der Waals surface area contributed by atoms with Crippen LogP contribution in [0.1, 0.15) is 49.8 Å². The van der Waals surface area contributed by atoms with E-state index < -0.39 is 0 Å². The molecule has 0 aliphatic heterocycles. The zero-order valence-corrected chi connectivity index (χ0v) is 12.4. The molecule has 1 aliphatic carbocycles. The molecule has 2 N–H and O–H groups in total. The van der Waals surface area contributed by atoms with Crippen LogP contribution >= 0.6 is 0 Å². The van der Waals surface area contributed by atoms with Crippen molar-refractivity contribution >= 4 is 0 Å². The molecule has 0 radical (unpaired) electrons. The topological polar surface area (TPSA) is 29.3 Å². The van der Waals surface area contributed by atoms with Crippen LogP contribution in [-0.2, 0) is 6.42 Å². The summed E-state index contributed by atoms with van der Waals surface area (Å²) in [6, 6.07) is 9.00. The SMILES string of the molecule is CCCc1ccc(C(N)CN(C)CC2CCC2)cc1. The van der Waals surface area contributed by atoms with Crippen molar-refractivity contribution < 1.29 is 0 Å². The van der Waals surface area contributed by atoms with E-state index in [-0.39, 0.29) is 6.04 Å². The Hall–Kier alpha value is -0.860. The number of aryl methyl sites for hydroxylation is 1. The summed E-state index contributed by atoms with van der Waals surface area (Å²) in [5, 5.41) is 0. The summed E-state index contributed by atoms with van der Waals surface area (Å²) in [5.74, 6) is 0.920. The van der Waals surface area contributed by atoms with Crippen molar-refractivity contribution in [2.45, 2.75) is 45.1 Å². The maximum absolute atomic E-state index is 6.31. The van der Waals surface area contributed by atoms with Crippen LogP contribution in [0.15, 0.2) is 24.3 Å². The van der Waals surface area contributed by atoms with Gasteiger partial charge in [0.15, 0.2) is 0 Å². The Kier molecular flexibility index (Phi) is 5.41. The molecule has 0 amide bonds. The summed E-state index contributed by atoms with van der Waals surface area (Å²) in [6.45, 7) is 4.39. The van der Waals surface area contributed by atoms with E-state index in [2.05, 4.69) is 43.1 Å². The van der Waals surface area contributed by atoms with Crippen molar-refractivity contribution in [3.63, 3.8) is 0 Å². The zero-order valence-electron chi connectivity index (χ0n) is 12.4. The van der Waals surface area contributed by atoms with Crippen molar-refractivity contribution in [1.29, 1.82) is 0 Å². The minimum Gasteiger partial charge on any atom is -0.323 e. The average molecular weight is 260 g/mol. The van der Waals surface area contributed by atoms with Gasteiger partial charge >= 0.3 is 0 Å². The quantitative estimate of drug-likeness (QED) is 0.814. The molecule has 0 spiro atoms. The van der Waals surface area contributed by atoms with Crippen LogP contribution < -0.4 is 5.73 Å². The monoisotopic (exact) mass is 260 g/mol. The number of nitrogens with zero attached hydrogens (tertiary/aromatic N) is 1. The molecular formula is C17H28N2. The van der Waals surface area contributed by atoms with Gasteiger partial charge in [0.25, 0.3) is 0 Å². The van der Waals surface area contributed by atoms with E-state index in [0.717, 1.165) is 18.9 Å². The predicted octanol–water partition coefficient (Wildman–Crippen LogP) is 3.37. The van der Waals surface area contributed by atoms with Crippen molar-refractivity contribution in [2.24, 2.45) is 11.7 Å². The van der Waals surface area contributed by atoms with Crippen LogP contribution in [0.5, 0.6) is 0 Å². The molecule has 0 bridgehead atoms. The third kappa shape index (κ3) is 4.32. The van der Waals surface area contributed by atoms with Gasteiger partial charge in [-0.3, -0.25) is 0 Å². The molecule has 1 atom stereocenters. The number of nitrogens with two attached hydrogens (primary N) is 1. The first-order valence-corrected chi connectivity index (χ1v) is 7.72. The Balaban J connectivity index is 1.82. The third-order valence-electron chi connectivity index (χ3n) is 4.25. The lowest BCUT2D eigenvalue weighted by molar-refractivity contribution is 0.198. The van der Waals surface area contributed by atoms with Crippen LogP contribution in [0, 0.1) is 5.92 Å². The zero-order chi connectivity index (χ0) is 13.7. The first-order chi connectivity index (χ1) is 9.19. The summed E-state index contributed by atoms with van der Waals surface area (Å²) in [4.78, 5) is 2.40. The van der Waals surface area contributed by atoms with Crippen molar-refractivity contribution in [1.82, 2.24) is 4.90 Å². The third-order valence-corrected chi connectivity index (χ3v) is 4.25. The van der Waals surface area contributed by atoms with Gasteiger partial charge in [0, 0.05) is 19.1 Å². The van der Waals surface area contributed by atoms with Gasteiger partial charge in [-0.05, 0) is 43.4 Å². The molecule has 106 valence electrons. The molecule has 2 nitrogen and oxygen atoms in total. The molecule has 1 aromatic rings. The van der Waals surface area contributed by atoms with Crippen LogP contribution in [0.25, 0.3) is 0 Å². The largest absolute Gasteiger partial charge is 0.323 e. The number of benzene rings is 1. The van der Waals surface area contributed by atoms with Crippen LogP contribution in [0.4, 0.5) is 0 Å². The molecule has 19 heavy (non-hydrogen) atoms. The normalized spacial score (nSPS) is 17.5. The van der Waals surface area contributed by atoms with Crippen LogP contribution in [-0.4, -0.2) is 25.0 Å². The lowest BCUT2D eigenvalue weighted by Crippen LogP contribution is -2.34. The molecule has 0 saturated heterocycles. The van der Waals surface area contributed by atoms with Crippen molar-refractivity contribution in [2.75, 3.05) is 20.1 Å². The maximum atomic E-state index is 6.31. The number of hydrogen-bond donors (Lipinski definition) is 1. The lowest BCUT2D eigenvalue weighted by atomic mass is 9.85. The van der Waals surface area contributed by atoms with E-state index in [1.54, 1.807) is 0 Å². The number of hydrogen-bond acceptors (Lipinski definition) is 2. The molecule has 1 saturated carbocycles. The van der Waals surface area contributed by atoms with Crippen LogP contribution in [0.2, 0.25) is 0 Å². The summed E-state index contributed by atoms with van der Waals surface area (Å²) in [6.07, 6.45) is 6.60. The van der Waals surface area contributed by atoms with Crippen molar-refractivity contribution in [3.8, 4) is 0 Å². The highest BCUT2D eigenvalue weighted by Gasteiger charge is 2.20. The Morgan fingerprint density at radius 1 is 1.26 bits per heavy atom. The standard InChI is InChI=1S/C17H28N2/c1-3-5-14-8-10-16(11-9-14)17(18)13-19(2)12-15-6-4-7-15/h8-11,15,17H,3-7,12-13,18H2,1-2H3. The van der Waals surface area contributed by atoms with E-state index in [0.29, 0.717) is 0 Å². The highest BCUT2D eigenvalue weighted by atomic mass is 15.1. The van der Waals surface area contributed by atoms with Gasteiger partial charge in [-0.15, -0.1) is 0 Å². The fraction of sp³-hybridized carbons (Fsp3) is 0.647. The molecule has 0 heterocycles. The van der Waals surface area contributed by atoms with E-state index in [4.69, 9.17) is 5.73 Å². The summed E-state index contributed by atoms with van der Waals surface area (Å²) in [7, 11) is 2.20. The Bertz CT molecular complexity index is 367. The molecule has 1 fully saturated rings. The second-order valence-electron chi connectivity index (χ2n) is 6.12. The minimum absolute atomic E-state index is 0.140. The molecule has 0 aromatic heterocycles. The van der Waals surface area contributed by atoms with Gasteiger partial charge in [0.1, 0.15) is 0 Å². The Labute approximate surface area is 118 Å². The number of rotatable bonds is 7. The molecule has 1 aliphatic rings. The van der Waals surface area contributed by atoms with Crippen LogP contribution in [0.3, 0.4) is 0 Å². The summed E-state index contributed by atoms with van der Waals surface area (Å²) < 4.78 is 0. The second-order valence-corrected chi connectivity index (χ2v) is 6.12. The van der Waals surface area contributed by atoms with Gasteiger partial charge in [0.05, 0.1) is 0 Å². The Morgan fingerprint density at radius 3 is 2.47 bits per heavy atom. The molecular weight excluding hydrogens is 232 g/mol. The van der Waals surface area contributed by atoms with E-state index in [1.807, 2.05) is 0 Å². The van der Waals surface area contributed by atoms with Crippen molar-refractivity contribution in [3.05, 3.63) is 35.4 Å². The first kappa shape index (κ1) is 14.5. The maximum Gasteiger partial charge on any atom is 0.0424 e. The Morgan fingerprint density at radius 2 is 1.95 bits per heavy atom. The van der Waals surface area contributed by atoms with Gasteiger partial charge in [0.2, 0.25) is 0 Å². The minimum atomic E-state index is 0.140. The van der Waals surface area contributed by atoms with E-state index in [1.165, 1.54) is 43.4 Å². The average Bonchev–Trinajstić information content (AvgIpc) is 2.35. The second kappa shape index (κ2) is 7.06. The summed E-state index contributed by atoms with van der Waals surface area (Å²) >= 11 is 0. The lowest BCUT2D eigenvalue weighted by Gasteiger charge is -2.31. The van der Waals surface area contributed by atoms with Gasteiger partial charge in [-0.25, -0.2) is 0 Å². The molecule has 1 unspecified atom stereocenters. The highest BCUT2D eigenvalue weighted by Crippen LogP contribution is 2.27. The molecule has 1 aromatic carbocycles. The highest BCUT2D eigenvalue weighted by molar-refractivity contribution is 5.25. The predicted molar refractivity (Wildman–Crippen MR) is 82.2 cm³/mol. The molecule has 2 rings (SSSR count). The first-order valence-electron chi connectivity index (χ1n) is 7.72. The van der Waals surface area contributed by atoms with E-state index in [9.17, 15) is 0 Å². The summed E-state index contributed by atoms with van der Waals surface area (Å²) in [5.41, 5.74) is 9.00. The fourth-order valence-electron chi connectivity index (χ4n) is 2.85. The van der Waals surface area contributed by atoms with E-state index >= 15 is 0 Å². The van der Waals surface area contributed by atoms with Gasteiger partial charge in [-0.1, -0.05) is 44.0 Å². The molecule has 2 heteroatoms. The smallest absolute Gasteiger partial charge is 0.0424 e. The number of likely N-dealkylation sites (N-methyl/N-ethyl adjacent to an activating group) is 1.